The molecule has 1 aromatic carbocycles. The van der Waals surface area contributed by atoms with E-state index >= 15 is 0 Å². The van der Waals surface area contributed by atoms with Gasteiger partial charge in [-0.1, -0.05) is 0 Å². The SMILES string of the molecule is CC(CCN)N1C(=O)c2cc(F)c(F)cc2C1=O. The van der Waals surface area contributed by atoms with E-state index in [-0.39, 0.29) is 11.1 Å². The second-order valence-corrected chi connectivity index (χ2v) is 4.22. The maximum Gasteiger partial charge on any atom is 0.261 e. The van der Waals surface area contributed by atoms with Gasteiger partial charge in [0.05, 0.1) is 11.1 Å². The summed E-state index contributed by atoms with van der Waals surface area (Å²) in [5, 5.41) is 0. The predicted octanol–water partition coefficient (Wildman–Crippen LogP) is 1.30. The maximum atomic E-state index is 13.1. The summed E-state index contributed by atoms with van der Waals surface area (Å²) in [6.45, 7) is 1.98. The quantitative estimate of drug-likeness (QED) is 0.827. The van der Waals surface area contributed by atoms with Crippen molar-refractivity contribution in [3.05, 3.63) is 34.9 Å². The van der Waals surface area contributed by atoms with Gasteiger partial charge in [-0.25, -0.2) is 8.78 Å². The van der Waals surface area contributed by atoms with Crippen LogP contribution in [0.1, 0.15) is 34.1 Å². The van der Waals surface area contributed by atoms with Gasteiger partial charge in [0.25, 0.3) is 11.8 Å². The predicted molar refractivity (Wildman–Crippen MR) is 60.0 cm³/mol. The van der Waals surface area contributed by atoms with E-state index in [1.165, 1.54) is 0 Å². The lowest BCUT2D eigenvalue weighted by molar-refractivity contribution is 0.0592. The van der Waals surface area contributed by atoms with Crippen LogP contribution in [-0.4, -0.2) is 29.3 Å². The fraction of sp³-hybridized carbons (Fsp3) is 0.333. The van der Waals surface area contributed by atoms with Crippen LogP contribution in [-0.2, 0) is 0 Å². The average Bonchev–Trinajstić information content (AvgIpc) is 2.53. The molecule has 6 heteroatoms. The topological polar surface area (TPSA) is 63.4 Å². The summed E-state index contributed by atoms with van der Waals surface area (Å²) in [5.74, 6) is -3.48. The normalized spacial score (nSPS) is 16.1. The molecule has 18 heavy (non-hydrogen) atoms. The van der Waals surface area contributed by atoms with Crippen LogP contribution in [0.5, 0.6) is 0 Å². The summed E-state index contributed by atoms with van der Waals surface area (Å²) >= 11 is 0. The second kappa shape index (κ2) is 4.45. The van der Waals surface area contributed by atoms with Gasteiger partial charge in [0.2, 0.25) is 0 Å². The number of nitrogens with zero attached hydrogens (tertiary/aromatic N) is 1. The molecule has 1 unspecified atom stereocenters. The van der Waals surface area contributed by atoms with Crippen LogP contribution in [0.4, 0.5) is 8.78 Å². The Hall–Kier alpha value is -1.82. The lowest BCUT2D eigenvalue weighted by Gasteiger charge is -2.21. The van der Waals surface area contributed by atoms with E-state index < -0.39 is 29.5 Å². The first-order valence-corrected chi connectivity index (χ1v) is 5.54. The third kappa shape index (κ3) is 1.78. The minimum absolute atomic E-state index is 0.0947. The molecule has 0 radical (unpaired) electrons. The molecule has 2 N–H and O–H groups in total. The zero-order valence-corrected chi connectivity index (χ0v) is 9.74. The zero-order valence-electron chi connectivity index (χ0n) is 9.74. The van der Waals surface area contributed by atoms with Gasteiger partial charge >= 0.3 is 0 Å². The molecule has 1 aliphatic heterocycles. The molecule has 0 fully saturated rings. The fourth-order valence-corrected chi connectivity index (χ4v) is 2.02. The number of benzene rings is 1. The standard InChI is InChI=1S/C12H12F2N2O2/c1-6(2-3-15)16-11(17)7-4-9(13)10(14)5-8(7)12(16)18/h4-6H,2-3,15H2,1H3. The third-order valence-corrected chi connectivity index (χ3v) is 2.98. The number of imide groups is 1. The van der Waals surface area contributed by atoms with Gasteiger partial charge in [0.1, 0.15) is 0 Å². The minimum Gasteiger partial charge on any atom is -0.330 e. The van der Waals surface area contributed by atoms with E-state index in [9.17, 15) is 18.4 Å². The van der Waals surface area contributed by atoms with Crippen LogP contribution in [0, 0.1) is 11.6 Å². The summed E-state index contributed by atoms with van der Waals surface area (Å²) in [5.41, 5.74) is 5.18. The molecule has 1 atom stereocenters. The van der Waals surface area contributed by atoms with Gasteiger partial charge < -0.3 is 5.73 Å². The van der Waals surface area contributed by atoms with E-state index in [0.717, 1.165) is 17.0 Å². The first-order chi connectivity index (χ1) is 8.47. The highest BCUT2D eigenvalue weighted by atomic mass is 19.2. The molecule has 0 saturated heterocycles. The van der Waals surface area contributed by atoms with Gasteiger partial charge in [0.15, 0.2) is 11.6 Å². The lowest BCUT2D eigenvalue weighted by Crippen LogP contribution is -2.39. The summed E-state index contributed by atoms with van der Waals surface area (Å²) < 4.78 is 26.1. The van der Waals surface area contributed by atoms with E-state index in [0.29, 0.717) is 13.0 Å². The number of hydrogen-bond donors (Lipinski definition) is 1. The molecule has 1 aliphatic rings. The molecule has 0 spiro atoms. The van der Waals surface area contributed by atoms with Crippen molar-refractivity contribution >= 4 is 11.8 Å². The first kappa shape index (κ1) is 12.6. The Balaban J connectivity index is 2.44. The Bertz CT molecular complexity index is 490. The highest BCUT2D eigenvalue weighted by Crippen LogP contribution is 2.27. The van der Waals surface area contributed by atoms with E-state index in [2.05, 4.69) is 0 Å². The highest BCUT2D eigenvalue weighted by Gasteiger charge is 2.39. The molecule has 1 aromatic rings. The third-order valence-electron chi connectivity index (χ3n) is 2.98. The molecule has 2 amide bonds. The number of hydrogen-bond acceptors (Lipinski definition) is 3. The van der Waals surface area contributed by atoms with Crippen molar-refractivity contribution in [2.45, 2.75) is 19.4 Å². The van der Waals surface area contributed by atoms with Crippen LogP contribution in [0.25, 0.3) is 0 Å². The largest absolute Gasteiger partial charge is 0.330 e. The molecule has 2 rings (SSSR count). The summed E-state index contributed by atoms with van der Waals surface area (Å²) in [6, 6.07) is 1.13. The fourth-order valence-electron chi connectivity index (χ4n) is 2.02. The number of nitrogens with two attached hydrogens (primary N) is 1. The second-order valence-electron chi connectivity index (χ2n) is 4.22. The van der Waals surface area contributed by atoms with Crippen LogP contribution in [0.15, 0.2) is 12.1 Å². The monoisotopic (exact) mass is 254 g/mol. The molecule has 4 nitrogen and oxygen atoms in total. The van der Waals surface area contributed by atoms with Crippen molar-refractivity contribution in [2.24, 2.45) is 5.73 Å². The minimum atomic E-state index is -1.14. The number of amides is 2. The zero-order chi connectivity index (χ0) is 13.4. The van der Waals surface area contributed by atoms with Gasteiger partial charge in [-0.2, -0.15) is 0 Å². The van der Waals surface area contributed by atoms with Crippen molar-refractivity contribution in [3.8, 4) is 0 Å². The first-order valence-electron chi connectivity index (χ1n) is 5.54. The van der Waals surface area contributed by atoms with E-state index in [4.69, 9.17) is 5.73 Å². The van der Waals surface area contributed by atoms with E-state index in [1.54, 1.807) is 6.92 Å². The van der Waals surface area contributed by atoms with Crippen molar-refractivity contribution in [3.63, 3.8) is 0 Å². The molecule has 96 valence electrons. The van der Waals surface area contributed by atoms with Crippen LogP contribution in [0.2, 0.25) is 0 Å². The van der Waals surface area contributed by atoms with Crippen molar-refractivity contribution in [1.82, 2.24) is 4.90 Å². The van der Waals surface area contributed by atoms with E-state index in [1.807, 2.05) is 0 Å². The van der Waals surface area contributed by atoms with Gasteiger partial charge in [-0.3, -0.25) is 14.5 Å². The van der Waals surface area contributed by atoms with Crippen LogP contribution >= 0.6 is 0 Å². The summed E-state index contributed by atoms with van der Waals surface area (Å²) in [4.78, 5) is 24.9. The molecular weight excluding hydrogens is 242 g/mol. The number of fused-ring (bicyclic) bond motifs is 1. The molecule has 0 aliphatic carbocycles. The number of carbonyl (C=O) groups excluding carboxylic acids is 2. The van der Waals surface area contributed by atoms with Crippen LogP contribution in [0.3, 0.4) is 0 Å². The van der Waals surface area contributed by atoms with Gasteiger partial charge in [0, 0.05) is 6.04 Å². The summed E-state index contributed by atoms with van der Waals surface area (Å²) in [6.07, 6.45) is 0.441. The maximum absolute atomic E-state index is 13.1. The van der Waals surface area contributed by atoms with Crippen molar-refractivity contribution in [1.29, 1.82) is 0 Å². The average molecular weight is 254 g/mol. The Morgan fingerprint density at radius 2 is 1.61 bits per heavy atom. The smallest absolute Gasteiger partial charge is 0.261 e. The molecule has 0 bridgehead atoms. The summed E-state index contributed by atoms with van der Waals surface area (Å²) in [7, 11) is 0. The highest BCUT2D eigenvalue weighted by molar-refractivity contribution is 6.21. The number of rotatable bonds is 3. The van der Waals surface area contributed by atoms with Gasteiger partial charge in [-0.05, 0) is 32.0 Å². The van der Waals surface area contributed by atoms with Gasteiger partial charge in [-0.15, -0.1) is 0 Å². The Morgan fingerprint density at radius 3 is 2.00 bits per heavy atom. The van der Waals surface area contributed by atoms with Crippen LogP contribution < -0.4 is 5.73 Å². The molecule has 1 heterocycles. The Kier molecular flexibility index (Phi) is 3.13. The lowest BCUT2D eigenvalue weighted by atomic mass is 10.1. The Morgan fingerprint density at radius 1 is 1.17 bits per heavy atom. The number of carbonyl (C=O) groups is 2. The molecule has 0 aromatic heterocycles. The Labute approximate surface area is 102 Å². The molecule has 0 saturated carbocycles. The number of halogens is 2. The van der Waals surface area contributed by atoms with Crippen molar-refractivity contribution < 1.29 is 18.4 Å². The molecular formula is C12H12F2N2O2. The van der Waals surface area contributed by atoms with Crippen molar-refractivity contribution in [2.75, 3.05) is 6.54 Å².